The molecule has 21 heavy (non-hydrogen) atoms. The summed E-state index contributed by atoms with van der Waals surface area (Å²) < 4.78 is 33.1. The van der Waals surface area contributed by atoms with Crippen LogP contribution in [0.4, 0.5) is 0 Å². The van der Waals surface area contributed by atoms with Gasteiger partial charge in [-0.2, -0.15) is 5.10 Å². The SMILES string of the molecule is CCNCc1c(S(=O)(=O)NC(C)C2CCOC2)n[nH]c1C. The number of hydrogen-bond donors (Lipinski definition) is 3. The first kappa shape index (κ1) is 16.4. The molecule has 3 N–H and O–H groups in total. The first-order valence-corrected chi connectivity index (χ1v) is 8.78. The first-order chi connectivity index (χ1) is 9.95. The summed E-state index contributed by atoms with van der Waals surface area (Å²) in [4.78, 5) is 0. The van der Waals surface area contributed by atoms with Gasteiger partial charge >= 0.3 is 0 Å². The Morgan fingerprint density at radius 1 is 1.52 bits per heavy atom. The van der Waals surface area contributed by atoms with Crippen molar-refractivity contribution in [3.8, 4) is 0 Å². The van der Waals surface area contributed by atoms with Crippen LogP contribution in [0.2, 0.25) is 0 Å². The molecular formula is C13H24N4O3S. The maximum atomic E-state index is 12.5. The van der Waals surface area contributed by atoms with Crippen LogP contribution >= 0.6 is 0 Å². The number of sulfonamides is 1. The van der Waals surface area contributed by atoms with Crippen molar-refractivity contribution in [2.45, 2.75) is 44.8 Å². The average Bonchev–Trinajstić information content (AvgIpc) is 3.05. The maximum Gasteiger partial charge on any atom is 0.260 e. The second-order valence-corrected chi connectivity index (χ2v) is 7.08. The quantitative estimate of drug-likeness (QED) is 0.682. The summed E-state index contributed by atoms with van der Waals surface area (Å²) >= 11 is 0. The highest BCUT2D eigenvalue weighted by molar-refractivity contribution is 7.89. The van der Waals surface area contributed by atoms with Crippen LogP contribution in [0.5, 0.6) is 0 Å². The largest absolute Gasteiger partial charge is 0.381 e. The first-order valence-electron chi connectivity index (χ1n) is 7.30. The van der Waals surface area contributed by atoms with Gasteiger partial charge in [-0.25, -0.2) is 13.1 Å². The molecule has 120 valence electrons. The van der Waals surface area contributed by atoms with Crippen molar-refractivity contribution in [1.29, 1.82) is 0 Å². The third kappa shape index (κ3) is 3.82. The molecule has 0 amide bonds. The van der Waals surface area contributed by atoms with Gasteiger partial charge in [-0.1, -0.05) is 6.92 Å². The number of H-pyrrole nitrogens is 1. The maximum absolute atomic E-state index is 12.5. The van der Waals surface area contributed by atoms with Gasteiger partial charge < -0.3 is 10.1 Å². The van der Waals surface area contributed by atoms with Crippen molar-refractivity contribution in [3.63, 3.8) is 0 Å². The monoisotopic (exact) mass is 316 g/mol. The molecule has 1 saturated heterocycles. The van der Waals surface area contributed by atoms with E-state index in [0.29, 0.717) is 25.3 Å². The van der Waals surface area contributed by atoms with Gasteiger partial charge in [-0.3, -0.25) is 5.10 Å². The summed E-state index contributed by atoms with van der Waals surface area (Å²) in [5, 5.41) is 9.96. The number of ether oxygens (including phenoxy) is 1. The molecular weight excluding hydrogens is 292 g/mol. The van der Waals surface area contributed by atoms with E-state index in [0.717, 1.165) is 18.7 Å². The fraction of sp³-hybridized carbons (Fsp3) is 0.769. The van der Waals surface area contributed by atoms with E-state index in [4.69, 9.17) is 4.74 Å². The Morgan fingerprint density at radius 3 is 2.90 bits per heavy atom. The number of aromatic nitrogens is 2. The van der Waals surface area contributed by atoms with E-state index in [1.807, 2.05) is 20.8 Å². The molecule has 0 aliphatic carbocycles. The molecule has 2 atom stereocenters. The molecule has 0 bridgehead atoms. The van der Waals surface area contributed by atoms with E-state index in [9.17, 15) is 8.42 Å². The van der Waals surface area contributed by atoms with Crippen LogP contribution in [0, 0.1) is 12.8 Å². The molecule has 1 aliphatic heterocycles. The number of aryl methyl sites for hydroxylation is 1. The lowest BCUT2D eigenvalue weighted by Gasteiger charge is -2.18. The van der Waals surface area contributed by atoms with Gasteiger partial charge in [0, 0.05) is 36.4 Å². The molecule has 1 aromatic heterocycles. The highest BCUT2D eigenvalue weighted by Crippen LogP contribution is 2.20. The van der Waals surface area contributed by atoms with Gasteiger partial charge in [0.2, 0.25) is 0 Å². The minimum atomic E-state index is -3.63. The molecule has 2 heterocycles. The number of aromatic amines is 1. The van der Waals surface area contributed by atoms with Crippen LogP contribution in [0.1, 0.15) is 31.5 Å². The zero-order valence-electron chi connectivity index (χ0n) is 12.8. The Labute approximate surface area is 125 Å². The van der Waals surface area contributed by atoms with Crippen LogP contribution in [0.15, 0.2) is 5.03 Å². The Hall–Kier alpha value is -0.960. The summed E-state index contributed by atoms with van der Waals surface area (Å²) in [5.74, 6) is 0.219. The lowest BCUT2D eigenvalue weighted by atomic mass is 10.0. The summed E-state index contributed by atoms with van der Waals surface area (Å²) in [6.45, 7) is 8.23. The van der Waals surface area contributed by atoms with Crippen LogP contribution in [-0.2, 0) is 21.3 Å². The van der Waals surface area contributed by atoms with E-state index in [1.54, 1.807) is 0 Å². The second kappa shape index (κ2) is 6.87. The van der Waals surface area contributed by atoms with Gasteiger partial charge in [0.05, 0.1) is 6.61 Å². The Morgan fingerprint density at radius 2 is 2.29 bits per heavy atom. The molecule has 0 radical (unpaired) electrons. The summed E-state index contributed by atoms with van der Waals surface area (Å²) in [7, 11) is -3.63. The van der Waals surface area contributed by atoms with Crippen LogP contribution < -0.4 is 10.0 Å². The van der Waals surface area contributed by atoms with Gasteiger partial charge in [0.1, 0.15) is 0 Å². The summed E-state index contributed by atoms with van der Waals surface area (Å²) in [6, 6.07) is -0.165. The van der Waals surface area contributed by atoms with Crippen LogP contribution in [0.25, 0.3) is 0 Å². The zero-order chi connectivity index (χ0) is 15.5. The number of rotatable bonds is 7. The van der Waals surface area contributed by atoms with Crippen molar-refractivity contribution in [2.75, 3.05) is 19.8 Å². The molecule has 1 aliphatic rings. The van der Waals surface area contributed by atoms with Crippen LogP contribution in [-0.4, -0.2) is 44.4 Å². The van der Waals surface area contributed by atoms with Crippen molar-refractivity contribution in [2.24, 2.45) is 5.92 Å². The smallest absolute Gasteiger partial charge is 0.260 e. The van der Waals surface area contributed by atoms with Crippen molar-refractivity contribution in [3.05, 3.63) is 11.3 Å². The van der Waals surface area contributed by atoms with Gasteiger partial charge in [-0.15, -0.1) is 0 Å². The van der Waals surface area contributed by atoms with E-state index >= 15 is 0 Å². The molecule has 2 unspecified atom stereocenters. The van der Waals surface area contributed by atoms with Gasteiger partial charge in [-0.05, 0) is 26.8 Å². The number of hydrogen-bond acceptors (Lipinski definition) is 5. The number of nitrogens with one attached hydrogen (secondary N) is 3. The van der Waals surface area contributed by atoms with E-state index in [-0.39, 0.29) is 17.0 Å². The molecule has 1 fully saturated rings. The molecule has 2 rings (SSSR count). The van der Waals surface area contributed by atoms with Crippen molar-refractivity contribution in [1.82, 2.24) is 20.2 Å². The number of nitrogens with zero attached hydrogens (tertiary/aromatic N) is 1. The van der Waals surface area contributed by atoms with Gasteiger partial charge in [0.15, 0.2) is 5.03 Å². The standard InChI is InChI=1S/C13H24N4O3S/c1-4-14-7-12-10(3)15-16-13(12)21(18,19)17-9(2)11-5-6-20-8-11/h9,11,14,17H,4-8H2,1-3H3,(H,15,16). The zero-order valence-corrected chi connectivity index (χ0v) is 13.6. The summed E-state index contributed by atoms with van der Waals surface area (Å²) in [5.41, 5.74) is 1.47. The Kier molecular flexibility index (Phi) is 5.37. The third-order valence-corrected chi connectivity index (χ3v) is 5.38. The lowest BCUT2D eigenvalue weighted by Crippen LogP contribution is -2.39. The van der Waals surface area contributed by atoms with E-state index in [2.05, 4.69) is 20.2 Å². The molecule has 0 spiro atoms. The topological polar surface area (TPSA) is 96.1 Å². The van der Waals surface area contributed by atoms with Gasteiger partial charge in [0.25, 0.3) is 10.0 Å². The fourth-order valence-electron chi connectivity index (χ4n) is 2.45. The normalized spacial score (nSPS) is 20.8. The lowest BCUT2D eigenvalue weighted by molar-refractivity contribution is 0.180. The molecule has 1 aromatic rings. The molecule has 0 saturated carbocycles. The molecule has 0 aromatic carbocycles. The van der Waals surface area contributed by atoms with E-state index in [1.165, 1.54) is 0 Å². The van der Waals surface area contributed by atoms with Crippen LogP contribution in [0.3, 0.4) is 0 Å². The minimum Gasteiger partial charge on any atom is -0.381 e. The predicted molar refractivity (Wildman–Crippen MR) is 79.4 cm³/mol. The molecule has 8 heteroatoms. The highest BCUT2D eigenvalue weighted by atomic mass is 32.2. The fourth-order valence-corrected chi connectivity index (χ4v) is 3.96. The molecule has 7 nitrogen and oxygen atoms in total. The highest BCUT2D eigenvalue weighted by Gasteiger charge is 2.30. The Balaban J connectivity index is 2.15. The predicted octanol–water partition coefficient (Wildman–Crippen LogP) is 0.531. The average molecular weight is 316 g/mol. The van der Waals surface area contributed by atoms with E-state index < -0.39 is 10.0 Å². The van der Waals surface area contributed by atoms with Crippen molar-refractivity contribution >= 4 is 10.0 Å². The third-order valence-electron chi connectivity index (χ3n) is 3.86. The second-order valence-electron chi connectivity index (χ2n) is 5.45. The van der Waals surface area contributed by atoms with Crippen molar-refractivity contribution < 1.29 is 13.2 Å². The minimum absolute atomic E-state index is 0.0896. The Bertz CT molecular complexity index is 564. The summed E-state index contributed by atoms with van der Waals surface area (Å²) in [6.07, 6.45) is 0.882.